The summed E-state index contributed by atoms with van der Waals surface area (Å²) < 4.78 is 46.5. The van der Waals surface area contributed by atoms with Crippen LogP contribution in [0, 0.1) is 12.7 Å². The lowest BCUT2D eigenvalue weighted by atomic mass is 10.0. The van der Waals surface area contributed by atoms with Gasteiger partial charge in [-0.2, -0.15) is 0 Å². The Morgan fingerprint density at radius 3 is 2.43 bits per heavy atom. The molecule has 1 N–H and O–H groups in total. The first-order valence-corrected chi connectivity index (χ1v) is 11.1. The number of rotatable bonds is 9. The molecule has 0 aliphatic rings. The van der Waals surface area contributed by atoms with Crippen LogP contribution in [0.25, 0.3) is 10.9 Å². The maximum Gasteiger partial charge on any atom is 0.266 e. The number of amides is 1. The number of ether oxygens (including phenoxy) is 1. The minimum Gasteiger partial charge on any atom is -0.496 e. The number of fused-ring (bicyclic) bond motifs is 1. The van der Waals surface area contributed by atoms with Crippen molar-refractivity contribution >= 4 is 22.6 Å². The average molecular weight is 490 g/mol. The molecule has 0 radical (unpaired) electrons. The first-order valence-electron chi connectivity index (χ1n) is 11.1. The zero-order valence-corrected chi connectivity index (χ0v) is 20.7. The fourth-order valence-corrected chi connectivity index (χ4v) is 3.73. The molecular formula is C25H30F3N5O2. The maximum absolute atomic E-state index is 14.7. The number of likely N-dealkylation sites (N-methyl/N-ethyl adjacent to an activating group) is 2. The first kappa shape index (κ1) is 26.2. The Kier molecular flexibility index (Phi) is 8.16. The van der Waals surface area contributed by atoms with Crippen molar-refractivity contribution in [1.29, 1.82) is 0 Å². The van der Waals surface area contributed by atoms with Gasteiger partial charge in [-0.15, -0.1) is 0 Å². The van der Waals surface area contributed by atoms with Gasteiger partial charge in [0.25, 0.3) is 12.3 Å². The van der Waals surface area contributed by atoms with E-state index < -0.39 is 23.8 Å². The Labute approximate surface area is 202 Å². The van der Waals surface area contributed by atoms with E-state index in [1.807, 2.05) is 19.0 Å². The van der Waals surface area contributed by atoms with Crippen LogP contribution in [-0.4, -0.2) is 67.0 Å². The third kappa shape index (κ3) is 5.82. The summed E-state index contributed by atoms with van der Waals surface area (Å²) in [6.45, 7) is 4.59. The second kappa shape index (κ2) is 10.9. The lowest BCUT2D eigenvalue weighted by Crippen LogP contribution is -2.33. The highest BCUT2D eigenvalue weighted by Crippen LogP contribution is 2.33. The Balaban J connectivity index is 2.01. The highest BCUT2D eigenvalue weighted by molar-refractivity contribution is 6.02. The standard InChI is InChI=1S/C25H30F3N5O2/c1-14(16-8-7-9-17(22(16)26)23(27)28)29-24-18-13-21(35-6)19(12-20(18)30-15(2)31-24)25(34)33(5)11-10-32(3)4/h7-9,12-14,23H,10-11H2,1-6H3,(H,29,30,31)/t14-/m1/s1. The molecule has 7 nitrogen and oxygen atoms in total. The van der Waals surface area contributed by atoms with Gasteiger partial charge >= 0.3 is 0 Å². The topological polar surface area (TPSA) is 70.6 Å². The number of hydrogen-bond donors (Lipinski definition) is 1. The minimum atomic E-state index is -2.92. The van der Waals surface area contributed by atoms with Gasteiger partial charge in [0.15, 0.2) is 0 Å². The number of carbonyl (C=O) groups excluding carboxylic acids is 1. The van der Waals surface area contributed by atoms with Crippen molar-refractivity contribution in [3.05, 3.63) is 58.7 Å². The average Bonchev–Trinajstić information content (AvgIpc) is 2.80. The molecule has 0 unspecified atom stereocenters. The molecule has 188 valence electrons. The quantitative estimate of drug-likeness (QED) is 0.464. The Morgan fingerprint density at radius 1 is 1.11 bits per heavy atom. The van der Waals surface area contributed by atoms with Gasteiger partial charge in [0.1, 0.15) is 23.2 Å². The molecule has 10 heteroatoms. The van der Waals surface area contributed by atoms with E-state index in [-0.39, 0.29) is 11.5 Å². The third-order valence-corrected chi connectivity index (χ3v) is 5.70. The number of aromatic nitrogens is 2. The van der Waals surface area contributed by atoms with Gasteiger partial charge in [-0.05, 0) is 40.1 Å². The number of nitrogens with zero attached hydrogens (tertiary/aromatic N) is 4. The number of carbonyl (C=O) groups is 1. The van der Waals surface area contributed by atoms with E-state index in [2.05, 4.69) is 15.3 Å². The molecule has 0 fully saturated rings. The number of alkyl halides is 2. The summed E-state index contributed by atoms with van der Waals surface area (Å²) in [7, 11) is 7.05. The molecule has 1 heterocycles. The fourth-order valence-electron chi connectivity index (χ4n) is 3.73. The lowest BCUT2D eigenvalue weighted by molar-refractivity contribution is 0.0783. The largest absolute Gasteiger partial charge is 0.496 e. The molecule has 0 bridgehead atoms. The predicted molar refractivity (Wildman–Crippen MR) is 130 cm³/mol. The van der Waals surface area contributed by atoms with Gasteiger partial charge in [0.2, 0.25) is 0 Å². The van der Waals surface area contributed by atoms with Gasteiger partial charge in [-0.3, -0.25) is 4.79 Å². The SMILES string of the molecule is COc1cc2c(N[C@H](C)c3cccc(C(F)F)c3F)nc(C)nc2cc1C(=O)N(C)CCN(C)C. The van der Waals surface area contributed by atoms with Gasteiger partial charge in [0, 0.05) is 31.1 Å². The summed E-state index contributed by atoms with van der Waals surface area (Å²) >= 11 is 0. The van der Waals surface area contributed by atoms with E-state index in [1.165, 1.54) is 19.2 Å². The van der Waals surface area contributed by atoms with E-state index in [0.29, 0.717) is 46.9 Å². The number of anilines is 1. The molecule has 3 aromatic rings. The molecule has 0 aliphatic heterocycles. The van der Waals surface area contributed by atoms with Crippen LogP contribution in [0.15, 0.2) is 30.3 Å². The van der Waals surface area contributed by atoms with Gasteiger partial charge in [-0.25, -0.2) is 23.1 Å². The van der Waals surface area contributed by atoms with Crippen LogP contribution in [0.2, 0.25) is 0 Å². The second-order valence-corrected chi connectivity index (χ2v) is 8.64. The smallest absolute Gasteiger partial charge is 0.266 e. The number of methoxy groups -OCH3 is 1. The predicted octanol–water partition coefficient (Wildman–Crippen LogP) is 4.83. The monoisotopic (exact) mass is 489 g/mol. The minimum absolute atomic E-state index is 0.0912. The number of nitrogens with one attached hydrogen (secondary N) is 1. The summed E-state index contributed by atoms with van der Waals surface area (Å²) in [5.74, 6) is -0.0219. The normalized spacial score (nSPS) is 12.3. The zero-order valence-electron chi connectivity index (χ0n) is 20.7. The van der Waals surface area contributed by atoms with Crippen molar-refractivity contribution < 1.29 is 22.7 Å². The van der Waals surface area contributed by atoms with Crippen molar-refractivity contribution in [3.8, 4) is 5.75 Å². The van der Waals surface area contributed by atoms with Crippen molar-refractivity contribution in [3.63, 3.8) is 0 Å². The zero-order chi connectivity index (χ0) is 25.9. The van der Waals surface area contributed by atoms with Crippen molar-refractivity contribution in [2.75, 3.05) is 46.7 Å². The highest BCUT2D eigenvalue weighted by atomic mass is 19.3. The van der Waals surface area contributed by atoms with E-state index in [9.17, 15) is 18.0 Å². The Bertz CT molecular complexity index is 1220. The second-order valence-electron chi connectivity index (χ2n) is 8.64. The Hall–Kier alpha value is -3.40. The van der Waals surface area contributed by atoms with Crippen LogP contribution in [0.5, 0.6) is 5.75 Å². The van der Waals surface area contributed by atoms with Crippen LogP contribution >= 0.6 is 0 Å². The lowest BCUT2D eigenvalue weighted by Gasteiger charge is -2.22. The molecule has 0 saturated heterocycles. The summed E-state index contributed by atoms with van der Waals surface area (Å²) in [5, 5.41) is 3.67. The molecule has 35 heavy (non-hydrogen) atoms. The van der Waals surface area contributed by atoms with Crippen LogP contribution in [0.4, 0.5) is 19.0 Å². The molecule has 1 amide bonds. The molecule has 0 aliphatic carbocycles. The van der Waals surface area contributed by atoms with Crippen molar-refractivity contribution in [1.82, 2.24) is 19.8 Å². The van der Waals surface area contributed by atoms with Gasteiger partial charge in [0.05, 0.1) is 29.8 Å². The van der Waals surface area contributed by atoms with Crippen LogP contribution in [-0.2, 0) is 0 Å². The summed E-state index contributed by atoms with van der Waals surface area (Å²) in [6.07, 6.45) is -2.92. The molecule has 3 rings (SSSR count). The van der Waals surface area contributed by atoms with Crippen LogP contribution in [0.3, 0.4) is 0 Å². The number of benzene rings is 2. The molecule has 0 saturated carbocycles. The maximum atomic E-state index is 14.7. The summed E-state index contributed by atoms with van der Waals surface area (Å²) in [5.41, 5.74) is 0.296. The molecule has 1 atom stereocenters. The number of hydrogen-bond acceptors (Lipinski definition) is 6. The molecule has 2 aromatic carbocycles. The summed E-state index contributed by atoms with van der Waals surface area (Å²) in [4.78, 5) is 25.6. The molecular weight excluding hydrogens is 459 g/mol. The first-order chi connectivity index (χ1) is 16.5. The fraction of sp³-hybridized carbons (Fsp3) is 0.400. The van der Waals surface area contributed by atoms with Crippen molar-refractivity contribution in [2.45, 2.75) is 26.3 Å². The van der Waals surface area contributed by atoms with Crippen LogP contribution < -0.4 is 10.1 Å². The van der Waals surface area contributed by atoms with Gasteiger partial charge < -0.3 is 19.9 Å². The molecule has 1 aromatic heterocycles. The summed E-state index contributed by atoms with van der Waals surface area (Å²) in [6, 6.07) is 6.55. The highest BCUT2D eigenvalue weighted by Gasteiger charge is 2.22. The number of halogens is 3. The third-order valence-electron chi connectivity index (χ3n) is 5.70. The van der Waals surface area contributed by atoms with E-state index in [4.69, 9.17) is 4.74 Å². The van der Waals surface area contributed by atoms with E-state index >= 15 is 0 Å². The van der Waals surface area contributed by atoms with Crippen LogP contribution in [0.1, 0.15) is 46.7 Å². The van der Waals surface area contributed by atoms with E-state index in [0.717, 1.165) is 6.07 Å². The Morgan fingerprint density at radius 2 is 1.80 bits per heavy atom. The van der Waals surface area contributed by atoms with Gasteiger partial charge in [-0.1, -0.05) is 18.2 Å². The van der Waals surface area contributed by atoms with Crippen molar-refractivity contribution in [2.24, 2.45) is 0 Å². The molecule has 0 spiro atoms. The van der Waals surface area contributed by atoms with E-state index in [1.54, 1.807) is 37.9 Å². The number of aryl methyl sites for hydroxylation is 1.